The summed E-state index contributed by atoms with van der Waals surface area (Å²) >= 11 is 0. The number of aliphatic hydroxyl groups is 1. The van der Waals surface area contributed by atoms with Gasteiger partial charge in [0.15, 0.2) is 0 Å². The standard InChI is InChI=1S/C10H14O/c11-9-5-4-8-10-6-2-1-3-7-10/h1-3,6-7,11H,4-5,8-9H2/i1D,4D2,5D2,6D,7D,8D2,9D2. The van der Waals surface area contributed by atoms with Crippen LogP contribution in [0.15, 0.2) is 30.3 Å². The SMILES string of the molecule is [2H]c1cc([2H])c(C([2H])([2H])C([2H])([2H])C([2H])([2H])C([2H])([2H])O)c([2H])c1. The third-order valence-electron chi connectivity index (χ3n) is 0.906. The Labute approximate surface area is 83.1 Å². The molecule has 1 aromatic rings. The molecule has 60 valence electrons. The van der Waals surface area contributed by atoms with Crippen LogP contribution in [0.5, 0.6) is 0 Å². The predicted molar refractivity (Wildman–Crippen MR) is 46.5 cm³/mol. The van der Waals surface area contributed by atoms with Crippen molar-refractivity contribution in [2.75, 3.05) is 6.56 Å². The van der Waals surface area contributed by atoms with Gasteiger partial charge in [0.05, 0.1) is 6.85 Å². The molecule has 1 nitrogen and oxygen atoms in total. The van der Waals surface area contributed by atoms with Gasteiger partial charge in [0.25, 0.3) is 0 Å². The Hall–Kier alpha value is -0.820. The second-order valence-electron chi connectivity index (χ2n) is 1.61. The predicted octanol–water partition coefficient (Wildman–Crippen LogP) is 2.00. The average molecular weight is 161 g/mol. The van der Waals surface area contributed by atoms with Gasteiger partial charge in [0, 0.05) is 14.8 Å². The number of rotatable bonds is 4. The van der Waals surface area contributed by atoms with Crippen molar-refractivity contribution in [1.82, 2.24) is 0 Å². The zero-order chi connectivity index (χ0) is 17.7. The summed E-state index contributed by atoms with van der Waals surface area (Å²) in [6.45, 7) is -3.69. The highest BCUT2D eigenvalue weighted by molar-refractivity contribution is 5.14. The lowest BCUT2D eigenvalue weighted by molar-refractivity contribution is 0.284. The molecule has 1 rings (SSSR count). The fraction of sp³-hybridized carbons (Fsp3) is 0.400. The molecule has 0 atom stereocenters. The lowest BCUT2D eigenvalue weighted by atomic mass is 10.1. The minimum Gasteiger partial charge on any atom is -0.396 e. The third kappa shape index (κ3) is 3.19. The Balaban J connectivity index is 3.60. The molecule has 1 heteroatoms. The molecule has 1 aromatic carbocycles. The lowest BCUT2D eigenvalue weighted by Gasteiger charge is -1.97. The molecular formula is C10H14O. The van der Waals surface area contributed by atoms with Crippen molar-refractivity contribution in [3.8, 4) is 0 Å². The van der Waals surface area contributed by atoms with E-state index in [1.165, 1.54) is 0 Å². The minimum atomic E-state index is -3.69. The summed E-state index contributed by atoms with van der Waals surface area (Å²) in [5.41, 5.74) is -0.818. The molecule has 1 N–H and O–H groups in total. The van der Waals surface area contributed by atoms with Crippen LogP contribution in [-0.2, 0) is 6.37 Å². The van der Waals surface area contributed by atoms with E-state index in [0.29, 0.717) is 0 Å². The zero-order valence-corrected chi connectivity index (χ0v) is 5.60. The molecule has 0 aliphatic heterocycles. The third-order valence-corrected chi connectivity index (χ3v) is 0.906. The number of benzene rings is 1. The fourth-order valence-corrected chi connectivity index (χ4v) is 0.505. The van der Waals surface area contributed by atoms with Gasteiger partial charge in [-0.15, -0.1) is 0 Å². The monoisotopic (exact) mass is 161 g/mol. The van der Waals surface area contributed by atoms with Crippen LogP contribution in [0.25, 0.3) is 0 Å². The van der Waals surface area contributed by atoms with Crippen LogP contribution in [0.1, 0.15) is 33.4 Å². The van der Waals surface area contributed by atoms with E-state index in [0.717, 1.165) is 12.1 Å². The largest absolute Gasteiger partial charge is 0.396 e. The first kappa shape index (κ1) is 1.91. The van der Waals surface area contributed by atoms with Gasteiger partial charge in [-0.25, -0.2) is 0 Å². The van der Waals surface area contributed by atoms with E-state index in [2.05, 4.69) is 0 Å². The highest BCUT2D eigenvalue weighted by atomic mass is 16.2. The first-order valence-electron chi connectivity index (χ1n) is 8.38. The van der Waals surface area contributed by atoms with Crippen molar-refractivity contribution in [3.63, 3.8) is 0 Å². The molecule has 0 bridgehead atoms. The highest BCUT2D eigenvalue weighted by Gasteiger charge is 1.89. The molecule has 0 fully saturated rings. The van der Waals surface area contributed by atoms with Crippen LogP contribution < -0.4 is 0 Å². The molecule has 11 heavy (non-hydrogen) atoms. The van der Waals surface area contributed by atoms with Crippen molar-refractivity contribution >= 4 is 0 Å². The van der Waals surface area contributed by atoms with E-state index in [9.17, 15) is 5.11 Å². The Kier molecular flexibility index (Phi) is 0.854. The zero-order valence-electron chi connectivity index (χ0n) is 16.6. The van der Waals surface area contributed by atoms with Gasteiger partial charge >= 0.3 is 0 Å². The van der Waals surface area contributed by atoms with Gasteiger partial charge in [0.1, 0.15) is 0 Å². The van der Waals surface area contributed by atoms with Crippen LogP contribution in [0.3, 0.4) is 0 Å². The molecule has 0 heterocycles. The van der Waals surface area contributed by atoms with Crippen LogP contribution in [0.2, 0.25) is 0 Å². The lowest BCUT2D eigenvalue weighted by Crippen LogP contribution is -1.87. The quantitative estimate of drug-likeness (QED) is 0.716. The molecule has 0 amide bonds. The maximum atomic E-state index is 9.20. The molecular weight excluding hydrogens is 136 g/mol. The summed E-state index contributed by atoms with van der Waals surface area (Å²) in [4.78, 5) is 0. The van der Waals surface area contributed by atoms with Crippen molar-refractivity contribution in [2.24, 2.45) is 0 Å². The summed E-state index contributed by atoms with van der Waals surface area (Å²) in [6, 6.07) is 0.103. The minimum absolute atomic E-state index is 0.268. The van der Waals surface area contributed by atoms with Crippen LogP contribution >= 0.6 is 0 Å². The maximum absolute atomic E-state index is 9.20. The van der Waals surface area contributed by atoms with Gasteiger partial charge in [-0.3, -0.25) is 0 Å². The molecule has 0 aliphatic rings. The van der Waals surface area contributed by atoms with Gasteiger partial charge < -0.3 is 5.11 Å². The second kappa shape index (κ2) is 4.91. The van der Waals surface area contributed by atoms with Crippen LogP contribution in [0, 0.1) is 0 Å². The molecule has 0 aromatic heterocycles. The van der Waals surface area contributed by atoms with Gasteiger partial charge in [-0.05, 0) is 24.7 Å². The second-order valence-corrected chi connectivity index (χ2v) is 1.61. The smallest absolute Gasteiger partial charge is 0.0626 e. The molecule has 0 aliphatic carbocycles. The Morgan fingerprint density at radius 3 is 2.73 bits per heavy atom. The Bertz CT molecular complexity index is 552. The summed E-state index contributed by atoms with van der Waals surface area (Å²) in [5, 5.41) is 9.20. The first-order chi connectivity index (χ1) is 9.57. The van der Waals surface area contributed by atoms with Crippen molar-refractivity contribution in [1.29, 1.82) is 0 Å². The van der Waals surface area contributed by atoms with Gasteiger partial charge in [0.2, 0.25) is 0 Å². The Morgan fingerprint density at radius 1 is 1.36 bits per heavy atom. The topological polar surface area (TPSA) is 20.2 Å². The normalized spacial score (nSPS) is 29.7. The van der Waals surface area contributed by atoms with E-state index in [1.807, 2.05) is 0 Å². The van der Waals surface area contributed by atoms with E-state index in [1.54, 1.807) is 0 Å². The molecule has 0 saturated heterocycles. The van der Waals surface area contributed by atoms with Crippen molar-refractivity contribution < 1.29 is 20.2 Å². The van der Waals surface area contributed by atoms with Gasteiger partial charge in [-0.2, -0.15) is 0 Å². The number of hydrogen-bond donors (Lipinski definition) is 1. The summed E-state index contributed by atoms with van der Waals surface area (Å²) in [7, 11) is 0. The van der Waals surface area contributed by atoms with Crippen LogP contribution in [0.4, 0.5) is 0 Å². The van der Waals surface area contributed by atoms with E-state index >= 15 is 0 Å². The molecule has 0 spiro atoms. The summed E-state index contributed by atoms with van der Waals surface area (Å²) in [6.07, 6.45) is -10.6. The van der Waals surface area contributed by atoms with Crippen molar-refractivity contribution in [3.05, 3.63) is 35.8 Å². The fourth-order valence-electron chi connectivity index (χ4n) is 0.505. The van der Waals surface area contributed by atoms with E-state index in [-0.39, 0.29) is 6.04 Å². The summed E-state index contributed by atoms with van der Waals surface area (Å²) in [5.74, 6) is 0. The molecule has 0 saturated carbocycles. The molecule has 0 radical (unpaired) electrons. The highest BCUT2D eigenvalue weighted by Crippen LogP contribution is 2.03. The van der Waals surface area contributed by atoms with Crippen LogP contribution in [-0.4, -0.2) is 11.7 Å². The van der Waals surface area contributed by atoms with E-state index < -0.39 is 43.3 Å². The molecule has 0 unspecified atom stereocenters. The average Bonchev–Trinajstić information content (AvgIpc) is 2.24. The first-order valence-corrected chi connectivity index (χ1v) is 2.88. The number of hydrogen-bond acceptors (Lipinski definition) is 1. The maximum Gasteiger partial charge on any atom is 0.0626 e. The van der Waals surface area contributed by atoms with Gasteiger partial charge in [-0.1, -0.05) is 30.3 Å². The summed E-state index contributed by atoms with van der Waals surface area (Å²) < 4.78 is 82.4. The van der Waals surface area contributed by atoms with E-state index in [4.69, 9.17) is 15.1 Å². The van der Waals surface area contributed by atoms with Crippen molar-refractivity contribution in [2.45, 2.75) is 19.1 Å². The Morgan fingerprint density at radius 2 is 2.09 bits per heavy atom.